The van der Waals surface area contributed by atoms with Crippen LogP contribution in [0.5, 0.6) is 0 Å². The van der Waals surface area contributed by atoms with Crippen LogP contribution in [0.15, 0.2) is 34.9 Å². The lowest BCUT2D eigenvalue weighted by atomic mass is 9.89. The number of benzene rings is 1. The first-order valence-corrected chi connectivity index (χ1v) is 9.85. The van der Waals surface area contributed by atoms with Gasteiger partial charge < -0.3 is 9.26 Å². The molecule has 27 heavy (non-hydrogen) atoms. The lowest BCUT2D eigenvalue weighted by Crippen LogP contribution is -2.21. The minimum Gasteiger partial charge on any atom is -0.365 e. The van der Waals surface area contributed by atoms with E-state index < -0.39 is 0 Å². The van der Waals surface area contributed by atoms with E-state index in [2.05, 4.69) is 41.3 Å². The zero-order valence-electron chi connectivity index (χ0n) is 15.6. The molecular weight excluding hydrogens is 340 g/mol. The summed E-state index contributed by atoms with van der Waals surface area (Å²) in [7, 11) is 0. The van der Waals surface area contributed by atoms with Crippen LogP contribution in [-0.2, 0) is 17.9 Å². The van der Waals surface area contributed by atoms with Crippen LogP contribution in [0.1, 0.15) is 66.8 Å². The fraction of sp³-hybridized carbons (Fsp3) is 0.476. The minimum absolute atomic E-state index is 0.0198. The molecule has 1 saturated carbocycles. The summed E-state index contributed by atoms with van der Waals surface area (Å²) in [6.07, 6.45) is 6.16. The molecule has 2 aliphatic rings. The van der Waals surface area contributed by atoms with Gasteiger partial charge in [0.15, 0.2) is 11.5 Å². The number of fused-ring (bicyclic) bond motifs is 1. The highest BCUT2D eigenvalue weighted by atomic mass is 16.5. The molecule has 1 fully saturated rings. The molecule has 1 aromatic carbocycles. The summed E-state index contributed by atoms with van der Waals surface area (Å²) in [6.45, 7) is 3.33. The van der Waals surface area contributed by atoms with Gasteiger partial charge in [-0.25, -0.2) is 0 Å². The largest absolute Gasteiger partial charge is 0.365 e. The van der Waals surface area contributed by atoms with Crippen molar-refractivity contribution in [3.8, 4) is 11.6 Å². The highest BCUT2D eigenvalue weighted by Gasteiger charge is 2.26. The summed E-state index contributed by atoms with van der Waals surface area (Å²) in [6, 6.07) is 10.5. The molecule has 3 heterocycles. The van der Waals surface area contributed by atoms with Crippen LogP contribution >= 0.6 is 0 Å². The SMILES string of the molecule is Cc1ccc([C@H]2Cn3nc(-c4nc(C5CCCCC5)no4)cc3CO2)cc1. The van der Waals surface area contributed by atoms with Crippen LogP contribution in [-0.4, -0.2) is 19.9 Å². The van der Waals surface area contributed by atoms with E-state index >= 15 is 0 Å². The smallest absolute Gasteiger partial charge is 0.278 e. The summed E-state index contributed by atoms with van der Waals surface area (Å²) in [5.41, 5.74) is 4.22. The van der Waals surface area contributed by atoms with E-state index in [0.717, 1.165) is 30.1 Å². The van der Waals surface area contributed by atoms with Crippen LogP contribution in [0.2, 0.25) is 0 Å². The number of rotatable bonds is 3. The Labute approximate surface area is 158 Å². The van der Waals surface area contributed by atoms with Crippen molar-refractivity contribution in [1.82, 2.24) is 19.9 Å². The zero-order chi connectivity index (χ0) is 18.2. The normalized spacial score (nSPS) is 20.6. The lowest BCUT2D eigenvalue weighted by molar-refractivity contribution is -0.00113. The Morgan fingerprint density at radius 2 is 1.89 bits per heavy atom. The first-order valence-electron chi connectivity index (χ1n) is 9.85. The van der Waals surface area contributed by atoms with Crippen molar-refractivity contribution < 1.29 is 9.26 Å². The molecule has 6 heteroatoms. The second kappa shape index (κ2) is 6.93. The van der Waals surface area contributed by atoms with Gasteiger partial charge in [-0.1, -0.05) is 54.2 Å². The second-order valence-electron chi connectivity index (χ2n) is 7.71. The van der Waals surface area contributed by atoms with E-state index in [-0.39, 0.29) is 6.10 Å². The summed E-state index contributed by atoms with van der Waals surface area (Å²) >= 11 is 0. The van der Waals surface area contributed by atoms with Gasteiger partial charge in [-0.3, -0.25) is 4.68 Å². The molecule has 0 N–H and O–H groups in total. The predicted octanol–water partition coefficient (Wildman–Crippen LogP) is 4.56. The van der Waals surface area contributed by atoms with Gasteiger partial charge in [-0.05, 0) is 31.4 Å². The minimum atomic E-state index is 0.0198. The van der Waals surface area contributed by atoms with Crippen LogP contribution in [0.4, 0.5) is 0 Å². The van der Waals surface area contributed by atoms with Crippen molar-refractivity contribution in [2.75, 3.05) is 0 Å². The molecular formula is C21H24N4O2. The molecule has 5 rings (SSSR count). The van der Waals surface area contributed by atoms with Gasteiger partial charge in [-0.2, -0.15) is 10.1 Å². The highest BCUT2D eigenvalue weighted by molar-refractivity contribution is 5.47. The van der Waals surface area contributed by atoms with Crippen LogP contribution < -0.4 is 0 Å². The van der Waals surface area contributed by atoms with E-state index in [9.17, 15) is 0 Å². The summed E-state index contributed by atoms with van der Waals surface area (Å²) in [4.78, 5) is 4.64. The maximum absolute atomic E-state index is 6.05. The van der Waals surface area contributed by atoms with Gasteiger partial charge in [0.05, 0.1) is 18.8 Å². The van der Waals surface area contributed by atoms with Crippen LogP contribution in [0.25, 0.3) is 11.6 Å². The van der Waals surface area contributed by atoms with Crippen molar-refractivity contribution in [2.24, 2.45) is 0 Å². The quantitative estimate of drug-likeness (QED) is 0.681. The highest BCUT2D eigenvalue weighted by Crippen LogP contribution is 2.33. The summed E-state index contributed by atoms with van der Waals surface area (Å²) < 4.78 is 13.6. The third kappa shape index (κ3) is 3.30. The maximum atomic E-state index is 6.05. The Bertz CT molecular complexity index is 922. The maximum Gasteiger partial charge on any atom is 0.278 e. The van der Waals surface area contributed by atoms with E-state index in [1.165, 1.54) is 30.4 Å². The molecule has 1 aliphatic carbocycles. The molecule has 0 radical (unpaired) electrons. The topological polar surface area (TPSA) is 66.0 Å². The molecule has 1 atom stereocenters. The first-order chi connectivity index (χ1) is 13.3. The predicted molar refractivity (Wildman–Crippen MR) is 100 cm³/mol. The van der Waals surface area contributed by atoms with Crippen molar-refractivity contribution in [3.05, 3.63) is 53.0 Å². The Kier molecular flexibility index (Phi) is 4.28. The second-order valence-corrected chi connectivity index (χ2v) is 7.71. The number of aromatic nitrogens is 4. The van der Waals surface area contributed by atoms with Crippen molar-refractivity contribution in [2.45, 2.75) is 64.2 Å². The van der Waals surface area contributed by atoms with E-state index in [4.69, 9.17) is 14.4 Å². The molecule has 0 spiro atoms. The molecule has 6 nitrogen and oxygen atoms in total. The van der Waals surface area contributed by atoms with E-state index in [1.807, 2.05) is 10.7 Å². The van der Waals surface area contributed by atoms with Crippen LogP contribution in [0, 0.1) is 6.92 Å². The van der Waals surface area contributed by atoms with Gasteiger partial charge in [-0.15, -0.1) is 0 Å². The van der Waals surface area contributed by atoms with Crippen LogP contribution in [0.3, 0.4) is 0 Å². The zero-order valence-corrected chi connectivity index (χ0v) is 15.6. The van der Waals surface area contributed by atoms with Crippen molar-refractivity contribution in [1.29, 1.82) is 0 Å². The molecule has 140 valence electrons. The number of aryl methyl sites for hydroxylation is 1. The van der Waals surface area contributed by atoms with E-state index in [0.29, 0.717) is 25.0 Å². The van der Waals surface area contributed by atoms with Crippen molar-refractivity contribution in [3.63, 3.8) is 0 Å². The Morgan fingerprint density at radius 1 is 1.07 bits per heavy atom. The number of nitrogens with zero attached hydrogens (tertiary/aromatic N) is 4. The molecule has 0 saturated heterocycles. The van der Waals surface area contributed by atoms with Gasteiger partial charge >= 0.3 is 0 Å². The fourth-order valence-corrected chi connectivity index (χ4v) is 4.08. The van der Waals surface area contributed by atoms with Gasteiger partial charge in [0.2, 0.25) is 0 Å². The van der Waals surface area contributed by atoms with Crippen molar-refractivity contribution >= 4 is 0 Å². The molecule has 3 aromatic rings. The Hall–Kier alpha value is -2.47. The average Bonchev–Trinajstić information content (AvgIpc) is 3.36. The fourth-order valence-electron chi connectivity index (χ4n) is 4.08. The molecule has 0 amide bonds. The Morgan fingerprint density at radius 3 is 2.70 bits per heavy atom. The third-order valence-electron chi connectivity index (χ3n) is 5.71. The molecule has 2 aromatic heterocycles. The number of hydrogen-bond acceptors (Lipinski definition) is 5. The number of ether oxygens (including phenoxy) is 1. The van der Waals surface area contributed by atoms with Gasteiger partial charge in [0, 0.05) is 5.92 Å². The standard InChI is InChI=1S/C21H24N4O2/c1-14-7-9-15(10-8-14)19-12-25-17(13-26-19)11-18(23-25)21-22-20(24-27-21)16-5-3-2-4-6-16/h7-11,16,19H,2-6,12-13H2,1H3/t19-/m1/s1. The van der Waals surface area contributed by atoms with E-state index in [1.54, 1.807) is 0 Å². The molecule has 1 aliphatic heterocycles. The molecule has 0 unspecified atom stereocenters. The lowest BCUT2D eigenvalue weighted by Gasteiger charge is -2.24. The van der Waals surface area contributed by atoms with Gasteiger partial charge in [0.25, 0.3) is 5.89 Å². The monoisotopic (exact) mass is 364 g/mol. The first kappa shape index (κ1) is 16.7. The number of hydrogen-bond donors (Lipinski definition) is 0. The third-order valence-corrected chi connectivity index (χ3v) is 5.71. The average molecular weight is 364 g/mol. The Balaban J connectivity index is 1.35. The summed E-state index contributed by atoms with van der Waals surface area (Å²) in [5, 5.41) is 8.94. The van der Waals surface area contributed by atoms with Gasteiger partial charge in [0.1, 0.15) is 6.10 Å². The summed E-state index contributed by atoms with van der Waals surface area (Å²) in [5.74, 6) is 1.79. The molecule has 0 bridgehead atoms.